The zero-order valence-corrected chi connectivity index (χ0v) is 14.3. The largest absolute Gasteiger partial charge is 0.335 e. The topological polar surface area (TPSA) is 78.5 Å². The Morgan fingerprint density at radius 3 is 2.27 bits per heavy atom. The molecule has 1 aliphatic heterocycles. The standard InChI is InChI=1S/C15H29N3O3S/c1-2-12-22(20,21)17-14-8-10-18(11-9-14)15(19)16-13-6-4-3-5-7-13/h13-14,17H,2-12H2,1H3,(H,16,19). The van der Waals surface area contributed by atoms with Gasteiger partial charge < -0.3 is 10.2 Å². The summed E-state index contributed by atoms with van der Waals surface area (Å²) in [6.45, 7) is 3.10. The molecule has 2 fully saturated rings. The smallest absolute Gasteiger partial charge is 0.317 e. The van der Waals surface area contributed by atoms with Crippen molar-refractivity contribution >= 4 is 16.1 Å². The minimum atomic E-state index is -3.16. The number of rotatable bonds is 5. The first kappa shape index (κ1) is 17.5. The monoisotopic (exact) mass is 331 g/mol. The Morgan fingerprint density at radius 2 is 1.68 bits per heavy atom. The van der Waals surface area contributed by atoms with Crippen LogP contribution in [0.3, 0.4) is 0 Å². The van der Waals surface area contributed by atoms with Crippen LogP contribution in [0.1, 0.15) is 58.3 Å². The number of hydrogen-bond donors (Lipinski definition) is 2. The molecule has 0 radical (unpaired) electrons. The molecule has 7 heteroatoms. The second kappa shape index (κ2) is 8.15. The molecule has 2 amide bonds. The van der Waals surface area contributed by atoms with Crippen LogP contribution in [0.15, 0.2) is 0 Å². The van der Waals surface area contributed by atoms with Gasteiger partial charge in [-0.3, -0.25) is 0 Å². The van der Waals surface area contributed by atoms with Crippen LogP contribution in [-0.4, -0.2) is 50.3 Å². The number of carbonyl (C=O) groups excluding carboxylic acids is 1. The van der Waals surface area contributed by atoms with Crippen LogP contribution in [0.4, 0.5) is 4.79 Å². The van der Waals surface area contributed by atoms with E-state index in [-0.39, 0.29) is 17.8 Å². The third-order valence-corrected chi connectivity index (χ3v) is 6.17. The zero-order chi connectivity index (χ0) is 16.0. The first-order chi connectivity index (χ1) is 10.5. The number of urea groups is 1. The van der Waals surface area contributed by atoms with Gasteiger partial charge in [0.2, 0.25) is 10.0 Å². The molecule has 0 bridgehead atoms. The Bertz CT molecular complexity index is 453. The third-order valence-electron chi connectivity index (χ3n) is 4.53. The summed E-state index contributed by atoms with van der Waals surface area (Å²) in [6.07, 6.45) is 7.85. The molecular formula is C15H29N3O3S. The lowest BCUT2D eigenvalue weighted by Crippen LogP contribution is -2.51. The van der Waals surface area contributed by atoms with E-state index in [0.29, 0.717) is 38.4 Å². The Morgan fingerprint density at radius 1 is 1.05 bits per heavy atom. The minimum Gasteiger partial charge on any atom is -0.335 e. The van der Waals surface area contributed by atoms with E-state index in [1.807, 2.05) is 11.8 Å². The Labute approximate surface area is 134 Å². The highest BCUT2D eigenvalue weighted by molar-refractivity contribution is 7.89. The zero-order valence-electron chi connectivity index (χ0n) is 13.5. The van der Waals surface area contributed by atoms with Gasteiger partial charge in [-0.15, -0.1) is 0 Å². The van der Waals surface area contributed by atoms with Crippen molar-refractivity contribution < 1.29 is 13.2 Å². The number of likely N-dealkylation sites (tertiary alicyclic amines) is 1. The van der Waals surface area contributed by atoms with Crippen molar-refractivity contribution in [3.8, 4) is 0 Å². The first-order valence-electron chi connectivity index (χ1n) is 8.55. The maximum absolute atomic E-state index is 12.2. The normalized spacial score (nSPS) is 21.8. The highest BCUT2D eigenvalue weighted by Gasteiger charge is 2.26. The molecule has 0 aromatic carbocycles. The van der Waals surface area contributed by atoms with Crippen LogP contribution >= 0.6 is 0 Å². The van der Waals surface area contributed by atoms with Gasteiger partial charge in [-0.1, -0.05) is 26.2 Å². The fourth-order valence-corrected chi connectivity index (χ4v) is 4.69. The van der Waals surface area contributed by atoms with E-state index in [1.54, 1.807) is 0 Å². The van der Waals surface area contributed by atoms with Crippen LogP contribution in [-0.2, 0) is 10.0 Å². The van der Waals surface area contributed by atoms with Crippen molar-refractivity contribution in [3.05, 3.63) is 0 Å². The molecule has 1 aliphatic carbocycles. The Hall–Kier alpha value is -0.820. The van der Waals surface area contributed by atoms with E-state index in [4.69, 9.17) is 0 Å². The maximum Gasteiger partial charge on any atom is 0.317 e. The molecule has 2 N–H and O–H groups in total. The molecule has 0 unspecified atom stereocenters. The van der Waals surface area contributed by atoms with Crippen molar-refractivity contribution in [1.29, 1.82) is 0 Å². The number of amides is 2. The maximum atomic E-state index is 12.2. The van der Waals surface area contributed by atoms with Crippen molar-refractivity contribution in [2.75, 3.05) is 18.8 Å². The van der Waals surface area contributed by atoms with Gasteiger partial charge >= 0.3 is 6.03 Å². The fourth-order valence-electron chi connectivity index (χ4n) is 3.29. The summed E-state index contributed by atoms with van der Waals surface area (Å²) >= 11 is 0. The van der Waals surface area contributed by atoms with E-state index < -0.39 is 10.0 Å². The summed E-state index contributed by atoms with van der Waals surface area (Å²) in [5.74, 6) is 0.176. The summed E-state index contributed by atoms with van der Waals surface area (Å²) in [4.78, 5) is 14.1. The molecule has 0 atom stereocenters. The summed E-state index contributed by atoms with van der Waals surface area (Å²) in [5, 5.41) is 3.12. The molecule has 1 saturated heterocycles. The van der Waals surface area contributed by atoms with E-state index in [9.17, 15) is 13.2 Å². The second-order valence-corrected chi connectivity index (χ2v) is 8.36. The second-order valence-electron chi connectivity index (χ2n) is 6.48. The van der Waals surface area contributed by atoms with Crippen molar-refractivity contribution in [1.82, 2.24) is 14.9 Å². The van der Waals surface area contributed by atoms with E-state index in [1.165, 1.54) is 19.3 Å². The van der Waals surface area contributed by atoms with Crippen molar-refractivity contribution in [2.24, 2.45) is 0 Å². The van der Waals surface area contributed by atoms with Crippen LogP contribution in [0, 0.1) is 0 Å². The Balaban J connectivity index is 1.73. The average Bonchev–Trinajstić information content (AvgIpc) is 2.48. The van der Waals surface area contributed by atoms with Gasteiger partial charge in [0, 0.05) is 25.2 Å². The van der Waals surface area contributed by atoms with Gasteiger partial charge in [0.05, 0.1) is 5.75 Å². The molecule has 1 heterocycles. The van der Waals surface area contributed by atoms with Gasteiger partial charge in [-0.2, -0.15) is 0 Å². The highest BCUT2D eigenvalue weighted by Crippen LogP contribution is 2.18. The predicted octanol–water partition coefficient (Wildman–Crippen LogP) is 1.82. The number of piperidine rings is 1. The first-order valence-corrected chi connectivity index (χ1v) is 10.2. The van der Waals surface area contributed by atoms with Crippen LogP contribution in [0.25, 0.3) is 0 Å². The van der Waals surface area contributed by atoms with Gasteiger partial charge in [-0.05, 0) is 32.1 Å². The minimum absolute atomic E-state index is 0.0155. The van der Waals surface area contributed by atoms with Gasteiger partial charge in [0.25, 0.3) is 0 Å². The third kappa shape index (κ3) is 5.43. The molecule has 0 spiro atoms. The van der Waals surface area contributed by atoms with Crippen LogP contribution in [0.2, 0.25) is 0 Å². The fraction of sp³-hybridized carbons (Fsp3) is 0.933. The molecule has 2 rings (SSSR count). The van der Waals surface area contributed by atoms with E-state index in [2.05, 4.69) is 10.0 Å². The molecule has 6 nitrogen and oxygen atoms in total. The lowest BCUT2D eigenvalue weighted by atomic mass is 9.95. The average molecular weight is 331 g/mol. The lowest BCUT2D eigenvalue weighted by Gasteiger charge is -2.34. The van der Waals surface area contributed by atoms with E-state index >= 15 is 0 Å². The number of carbonyl (C=O) groups is 1. The van der Waals surface area contributed by atoms with Crippen molar-refractivity contribution in [3.63, 3.8) is 0 Å². The summed E-state index contributed by atoms with van der Waals surface area (Å²) in [6, 6.07) is 0.305. The summed E-state index contributed by atoms with van der Waals surface area (Å²) < 4.78 is 26.3. The lowest BCUT2D eigenvalue weighted by molar-refractivity contribution is 0.173. The summed E-state index contributed by atoms with van der Waals surface area (Å²) in [7, 11) is -3.16. The van der Waals surface area contributed by atoms with Crippen LogP contribution < -0.4 is 10.0 Å². The molecule has 22 heavy (non-hydrogen) atoms. The van der Waals surface area contributed by atoms with Crippen molar-refractivity contribution in [2.45, 2.75) is 70.4 Å². The van der Waals surface area contributed by atoms with Gasteiger partial charge in [0.1, 0.15) is 0 Å². The Kier molecular flexibility index (Phi) is 6.50. The highest BCUT2D eigenvalue weighted by atomic mass is 32.2. The van der Waals surface area contributed by atoms with E-state index in [0.717, 1.165) is 12.8 Å². The predicted molar refractivity (Wildman–Crippen MR) is 87.2 cm³/mol. The number of sulfonamides is 1. The summed E-state index contributed by atoms with van der Waals surface area (Å²) in [5.41, 5.74) is 0. The number of hydrogen-bond acceptors (Lipinski definition) is 3. The molecule has 1 saturated carbocycles. The van der Waals surface area contributed by atoms with Gasteiger partial charge in [-0.25, -0.2) is 17.9 Å². The molecule has 128 valence electrons. The van der Waals surface area contributed by atoms with Gasteiger partial charge in [0.15, 0.2) is 0 Å². The number of nitrogens with zero attached hydrogens (tertiary/aromatic N) is 1. The number of nitrogens with one attached hydrogen (secondary N) is 2. The SMILES string of the molecule is CCCS(=O)(=O)NC1CCN(C(=O)NC2CCCCC2)CC1. The molecule has 0 aromatic heterocycles. The quantitative estimate of drug-likeness (QED) is 0.806. The molecule has 2 aliphatic rings. The molecular weight excluding hydrogens is 302 g/mol. The molecule has 0 aromatic rings. The van der Waals surface area contributed by atoms with Crippen LogP contribution in [0.5, 0.6) is 0 Å².